The molecule has 1 aliphatic rings. The van der Waals surface area contributed by atoms with E-state index in [1.54, 1.807) is 24.3 Å². The first-order chi connectivity index (χ1) is 15.3. The largest absolute Gasteiger partial charge is 0.375 e. The number of allylic oxidation sites excluding steroid dienone is 2. The summed E-state index contributed by atoms with van der Waals surface area (Å²) < 4.78 is 26.5. The Morgan fingerprint density at radius 3 is 2.59 bits per heavy atom. The second kappa shape index (κ2) is 9.85. The van der Waals surface area contributed by atoms with Gasteiger partial charge < -0.3 is 4.90 Å². The number of aryl methyl sites for hydroxylation is 1. The molecule has 0 bridgehead atoms. The van der Waals surface area contributed by atoms with E-state index in [0.717, 1.165) is 29.8 Å². The molecule has 0 saturated heterocycles. The quantitative estimate of drug-likeness (QED) is 0.298. The monoisotopic (exact) mass is 445 g/mol. The molecule has 3 rings (SSSR count). The van der Waals surface area contributed by atoms with Gasteiger partial charge in [0.2, 0.25) is 9.84 Å². The molecule has 0 radical (unpaired) electrons. The number of hydrogen-bond acceptors (Lipinski definition) is 4. The van der Waals surface area contributed by atoms with Gasteiger partial charge in [0.15, 0.2) is 0 Å². The fourth-order valence-corrected chi connectivity index (χ4v) is 5.64. The molecule has 5 nitrogen and oxygen atoms in total. The highest BCUT2D eigenvalue weighted by atomic mass is 32.2. The number of anilines is 1. The average Bonchev–Trinajstić information content (AvgIpc) is 3.00. The van der Waals surface area contributed by atoms with Crippen LogP contribution in [-0.4, -0.2) is 22.0 Å². The maximum atomic E-state index is 13.3. The molecule has 0 aliphatic carbocycles. The lowest BCUT2D eigenvalue weighted by atomic mass is 10.0. The molecule has 0 saturated carbocycles. The highest BCUT2D eigenvalue weighted by molar-refractivity contribution is 7.96. The van der Waals surface area contributed by atoms with Gasteiger partial charge in [-0.1, -0.05) is 50.5 Å². The van der Waals surface area contributed by atoms with Crippen LogP contribution in [0.25, 0.3) is 16.5 Å². The first kappa shape index (κ1) is 23.3. The molecular weight excluding hydrogens is 418 g/mol. The van der Waals surface area contributed by atoms with Crippen LogP contribution in [0.4, 0.5) is 5.69 Å². The van der Waals surface area contributed by atoms with Crippen LogP contribution in [0.15, 0.2) is 58.0 Å². The summed E-state index contributed by atoms with van der Waals surface area (Å²) in [5.74, 6) is 0. The van der Waals surface area contributed by atoms with E-state index in [4.69, 9.17) is 6.57 Å². The highest BCUT2D eigenvalue weighted by Gasteiger charge is 2.37. The third-order valence-corrected chi connectivity index (χ3v) is 7.60. The number of rotatable bonds is 7. The third-order valence-electron chi connectivity index (χ3n) is 5.76. The molecule has 0 atom stereocenters. The first-order valence-corrected chi connectivity index (χ1v) is 12.2. The van der Waals surface area contributed by atoms with Crippen LogP contribution in [0.2, 0.25) is 0 Å². The lowest BCUT2D eigenvalue weighted by molar-refractivity contribution is 0.604. The molecule has 6 heteroatoms. The van der Waals surface area contributed by atoms with Gasteiger partial charge in [-0.2, -0.15) is 0 Å². The normalized spacial score (nSPS) is 16.8. The molecule has 164 valence electrons. The van der Waals surface area contributed by atoms with E-state index in [-0.39, 0.29) is 21.1 Å². The van der Waals surface area contributed by atoms with E-state index in [9.17, 15) is 13.7 Å². The summed E-state index contributed by atoms with van der Waals surface area (Å²) in [7, 11) is -1.76. The Balaban J connectivity index is 2.03. The summed E-state index contributed by atoms with van der Waals surface area (Å²) in [5, 5.41) is 9.47. The van der Waals surface area contributed by atoms with Crippen molar-refractivity contribution in [3.05, 3.63) is 81.2 Å². The summed E-state index contributed by atoms with van der Waals surface area (Å²) in [4.78, 5) is 5.66. The van der Waals surface area contributed by atoms with E-state index in [1.807, 2.05) is 31.2 Å². The van der Waals surface area contributed by atoms with Crippen LogP contribution >= 0.6 is 0 Å². The van der Waals surface area contributed by atoms with Gasteiger partial charge in [-0.3, -0.25) is 0 Å². The van der Waals surface area contributed by atoms with Crippen LogP contribution in [-0.2, 0) is 9.84 Å². The van der Waals surface area contributed by atoms with Crippen molar-refractivity contribution in [2.75, 3.05) is 18.5 Å². The topological polar surface area (TPSA) is 65.5 Å². The number of hydrogen-bond donors (Lipinski definition) is 0. The van der Waals surface area contributed by atoms with E-state index >= 15 is 0 Å². The van der Waals surface area contributed by atoms with Crippen molar-refractivity contribution in [3.63, 3.8) is 0 Å². The van der Waals surface area contributed by atoms with Crippen molar-refractivity contribution in [3.8, 4) is 6.07 Å². The second-order valence-electron chi connectivity index (χ2n) is 7.98. The molecule has 1 heterocycles. The zero-order chi connectivity index (χ0) is 23.3. The fourth-order valence-electron chi connectivity index (χ4n) is 3.93. The average molecular weight is 446 g/mol. The van der Waals surface area contributed by atoms with Crippen molar-refractivity contribution in [1.29, 1.82) is 5.26 Å². The van der Waals surface area contributed by atoms with Gasteiger partial charge in [0.05, 0.1) is 22.4 Å². The molecule has 0 spiro atoms. The van der Waals surface area contributed by atoms with E-state index < -0.39 is 9.84 Å². The Morgan fingerprint density at radius 2 is 1.94 bits per heavy atom. The predicted octanol–water partition coefficient (Wildman–Crippen LogP) is 5.99. The number of unbranched alkanes of at least 4 members (excludes halogenated alkanes) is 3. The van der Waals surface area contributed by atoms with Crippen molar-refractivity contribution < 1.29 is 8.42 Å². The van der Waals surface area contributed by atoms with Crippen molar-refractivity contribution in [2.45, 2.75) is 44.4 Å². The molecule has 0 N–H and O–H groups in total. The Bertz CT molecular complexity index is 1260. The first-order valence-electron chi connectivity index (χ1n) is 10.7. The Kier molecular flexibility index (Phi) is 7.18. The number of fused-ring (bicyclic) bond motifs is 1. The van der Waals surface area contributed by atoms with Crippen LogP contribution in [0, 0.1) is 24.8 Å². The predicted molar refractivity (Wildman–Crippen MR) is 129 cm³/mol. The van der Waals surface area contributed by atoms with Gasteiger partial charge in [-0.15, -0.1) is 0 Å². The summed E-state index contributed by atoms with van der Waals surface area (Å²) in [6, 6.07) is 14.3. The number of nitrogens with zero attached hydrogens (tertiary/aromatic N) is 3. The summed E-state index contributed by atoms with van der Waals surface area (Å²) in [6.45, 7) is 12.5. The molecular formula is C26H27N3O2S. The minimum atomic E-state index is -3.82. The number of sulfone groups is 1. The summed E-state index contributed by atoms with van der Waals surface area (Å²) in [6.07, 6.45) is 6.37. The summed E-state index contributed by atoms with van der Waals surface area (Å²) >= 11 is 0. The summed E-state index contributed by atoms with van der Waals surface area (Å²) in [5.41, 5.74) is 3.14. The van der Waals surface area contributed by atoms with Gasteiger partial charge >= 0.3 is 0 Å². The van der Waals surface area contributed by atoms with Crippen molar-refractivity contribution in [2.24, 2.45) is 0 Å². The van der Waals surface area contributed by atoms with E-state index in [1.165, 1.54) is 25.3 Å². The van der Waals surface area contributed by atoms with Gasteiger partial charge in [0.25, 0.3) is 5.70 Å². The maximum Gasteiger partial charge on any atom is 0.270 e. The Morgan fingerprint density at radius 1 is 1.19 bits per heavy atom. The van der Waals surface area contributed by atoms with E-state index in [0.29, 0.717) is 5.56 Å². The van der Waals surface area contributed by atoms with Gasteiger partial charge in [-0.25, -0.2) is 18.5 Å². The van der Waals surface area contributed by atoms with Gasteiger partial charge in [0.1, 0.15) is 0 Å². The second-order valence-corrected chi connectivity index (χ2v) is 9.87. The lowest BCUT2D eigenvalue weighted by Crippen LogP contribution is -2.18. The van der Waals surface area contributed by atoms with Crippen LogP contribution in [0.5, 0.6) is 0 Å². The molecule has 0 amide bonds. The lowest BCUT2D eigenvalue weighted by Gasteiger charge is -2.20. The molecule has 2 aromatic carbocycles. The maximum absolute atomic E-state index is 13.3. The minimum absolute atomic E-state index is 0.00928. The Hall–Kier alpha value is -3.35. The smallest absolute Gasteiger partial charge is 0.270 e. The van der Waals surface area contributed by atoms with Crippen LogP contribution in [0.1, 0.15) is 49.3 Å². The number of benzene rings is 2. The SMILES string of the molecule is [C-]#[N+]/C(C#N)=C1\C(=C\c2ccc(N(C)CCCCCC)cc2C)S(=O)(=O)c2ccccc21. The highest BCUT2D eigenvalue weighted by Crippen LogP contribution is 2.45. The zero-order valence-electron chi connectivity index (χ0n) is 18.7. The minimum Gasteiger partial charge on any atom is -0.375 e. The standard InChI is InChI=1S/C26H27N3O2S/c1-5-6-7-10-15-29(4)21-14-13-20(19(2)16-21)17-25-26(23(18-27)28-3)22-11-8-9-12-24(22)32(25,30)31/h8-9,11-14,16-17H,5-7,10,15H2,1-2,4H3/b25-17-,26-23-. The van der Waals surface area contributed by atoms with E-state index in [2.05, 4.69) is 23.7 Å². The van der Waals surface area contributed by atoms with Crippen LogP contribution in [0.3, 0.4) is 0 Å². The fraction of sp³-hybridized carbons (Fsp3) is 0.308. The van der Waals surface area contributed by atoms with Crippen LogP contribution < -0.4 is 4.90 Å². The molecule has 0 unspecified atom stereocenters. The zero-order valence-corrected chi connectivity index (χ0v) is 19.5. The third kappa shape index (κ3) is 4.47. The van der Waals surface area contributed by atoms with Crippen molar-refractivity contribution >= 4 is 27.2 Å². The molecule has 0 aromatic heterocycles. The number of nitriles is 1. The Labute approximate surface area is 191 Å². The van der Waals surface area contributed by atoms with Crippen molar-refractivity contribution in [1.82, 2.24) is 0 Å². The molecule has 32 heavy (non-hydrogen) atoms. The molecule has 2 aromatic rings. The molecule has 1 aliphatic heterocycles. The van der Waals surface area contributed by atoms with Gasteiger partial charge in [0, 0.05) is 24.9 Å². The van der Waals surface area contributed by atoms with Gasteiger partial charge in [-0.05, 0) is 54.3 Å². The molecule has 0 fully saturated rings.